The Kier molecular flexibility index (Phi) is 4.59. The van der Waals surface area contributed by atoms with Crippen LogP contribution in [0.2, 0.25) is 0 Å². The maximum atomic E-state index is 10.3. The number of hydrogen-bond acceptors (Lipinski definition) is 2. The molecule has 70 valence electrons. The minimum absolute atomic E-state index is 0.0705. The monoisotopic (exact) mass is 172 g/mol. The van der Waals surface area contributed by atoms with E-state index in [4.69, 9.17) is 9.84 Å². The van der Waals surface area contributed by atoms with Gasteiger partial charge in [-0.2, -0.15) is 0 Å². The van der Waals surface area contributed by atoms with Gasteiger partial charge in [0.25, 0.3) is 0 Å². The minimum atomic E-state index is -0.994. The molecule has 0 fully saturated rings. The summed E-state index contributed by atoms with van der Waals surface area (Å²) in [7, 11) is 0. The van der Waals surface area contributed by atoms with Crippen molar-refractivity contribution in [1.29, 1.82) is 0 Å². The number of aliphatic carboxylic acids is 1. The molecular weight excluding hydrogens is 156 g/mol. The molecule has 12 heavy (non-hydrogen) atoms. The highest BCUT2D eigenvalue weighted by Crippen LogP contribution is 2.06. The molecule has 0 aromatic carbocycles. The number of rotatable bonds is 5. The van der Waals surface area contributed by atoms with E-state index in [1.165, 1.54) is 0 Å². The van der Waals surface area contributed by atoms with Crippen LogP contribution in [-0.2, 0) is 9.53 Å². The summed E-state index contributed by atoms with van der Waals surface area (Å²) in [5.74, 6) is -0.599. The molecule has 0 spiro atoms. The standard InChI is InChI=1S/C9H16O3/c1-6(2)8(4)12-5-7(3)9(10)11/h6,8H,3,5H2,1-2,4H3,(H,10,11). The van der Waals surface area contributed by atoms with E-state index in [1.54, 1.807) is 0 Å². The van der Waals surface area contributed by atoms with Gasteiger partial charge in [0.15, 0.2) is 0 Å². The molecule has 0 rings (SSSR count). The highest BCUT2D eigenvalue weighted by atomic mass is 16.5. The second kappa shape index (κ2) is 4.93. The second-order valence-electron chi connectivity index (χ2n) is 3.17. The summed E-state index contributed by atoms with van der Waals surface area (Å²) in [4.78, 5) is 10.3. The quantitative estimate of drug-likeness (QED) is 0.642. The predicted octanol–water partition coefficient (Wildman–Crippen LogP) is 1.69. The Balaban J connectivity index is 3.69. The van der Waals surface area contributed by atoms with E-state index in [-0.39, 0.29) is 18.3 Å². The molecule has 0 aromatic rings. The van der Waals surface area contributed by atoms with Crippen LogP contribution >= 0.6 is 0 Å². The summed E-state index contributed by atoms with van der Waals surface area (Å²) >= 11 is 0. The Hall–Kier alpha value is -0.830. The molecule has 0 heterocycles. The van der Waals surface area contributed by atoms with E-state index in [0.717, 1.165) is 0 Å². The molecular formula is C9H16O3. The Labute approximate surface area is 73.0 Å². The highest BCUT2D eigenvalue weighted by Gasteiger charge is 2.10. The van der Waals surface area contributed by atoms with Crippen molar-refractivity contribution in [3.05, 3.63) is 12.2 Å². The van der Waals surface area contributed by atoms with Crippen LogP contribution < -0.4 is 0 Å². The van der Waals surface area contributed by atoms with Gasteiger partial charge in [0.1, 0.15) is 0 Å². The molecule has 0 radical (unpaired) electrons. The van der Waals surface area contributed by atoms with E-state index in [9.17, 15) is 4.79 Å². The lowest BCUT2D eigenvalue weighted by atomic mass is 10.1. The van der Waals surface area contributed by atoms with E-state index in [2.05, 4.69) is 6.58 Å². The van der Waals surface area contributed by atoms with Crippen LogP contribution in [0.3, 0.4) is 0 Å². The van der Waals surface area contributed by atoms with Gasteiger partial charge in [0, 0.05) is 0 Å². The zero-order chi connectivity index (χ0) is 9.72. The first-order valence-corrected chi connectivity index (χ1v) is 3.97. The molecule has 1 atom stereocenters. The molecule has 0 aliphatic rings. The molecule has 0 aliphatic carbocycles. The molecule has 0 aromatic heterocycles. The van der Waals surface area contributed by atoms with E-state index >= 15 is 0 Å². The van der Waals surface area contributed by atoms with Gasteiger partial charge in [-0.15, -0.1) is 0 Å². The highest BCUT2D eigenvalue weighted by molar-refractivity contribution is 5.85. The number of carboxylic acids is 1. The molecule has 3 heteroatoms. The molecule has 0 aliphatic heterocycles. The first-order chi connectivity index (χ1) is 5.45. The zero-order valence-electron chi connectivity index (χ0n) is 7.83. The van der Waals surface area contributed by atoms with E-state index < -0.39 is 5.97 Å². The summed E-state index contributed by atoms with van der Waals surface area (Å²) in [5, 5.41) is 8.45. The number of hydrogen-bond donors (Lipinski definition) is 1. The van der Waals surface area contributed by atoms with Gasteiger partial charge in [-0.3, -0.25) is 0 Å². The average Bonchev–Trinajstić information content (AvgIpc) is 1.98. The average molecular weight is 172 g/mol. The fourth-order valence-corrected chi connectivity index (χ4v) is 0.486. The van der Waals surface area contributed by atoms with Crippen LogP contribution in [0.5, 0.6) is 0 Å². The summed E-state index contributed by atoms with van der Waals surface area (Å²) in [5.41, 5.74) is 0.0995. The Morgan fingerprint density at radius 2 is 2.00 bits per heavy atom. The van der Waals surface area contributed by atoms with Crippen molar-refractivity contribution in [2.24, 2.45) is 5.92 Å². The predicted molar refractivity (Wildman–Crippen MR) is 47.0 cm³/mol. The van der Waals surface area contributed by atoms with Gasteiger partial charge in [0.2, 0.25) is 0 Å². The van der Waals surface area contributed by atoms with Gasteiger partial charge >= 0.3 is 5.97 Å². The summed E-state index contributed by atoms with van der Waals surface area (Å²) < 4.78 is 5.25. The fraction of sp³-hybridized carbons (Fsp3) is 0.667. The Bertz CT molecular complexity index is 173. The number of carboxylic acid groups (broad SMARTS) is 1. The van der Waals surface area contributed by atoms with Crippen molar-refractivity contribution < 1.29 is 14.6 Å². The molecule has 0 bridgehead atoms. The van der Waals surface area contributed by atoms with Crippen molar-refractivity contribution in [3.8, 4) is 0 Å². The van der Waals surface area contributed by atoms with Crippen molar-refractivity contribution in [1.82, 2.24) is 0 Å². The second-order valence-corrected chi connectivity index (χ2v) is 3.17. The van der Waals surface area contributed by atoms with Crippen LogP contribution in [0.15, 0.2) is 12.2 Å². The first kappa shape index (κ1) is 11.2. The topological polar surface area (TPSA) is 46.5 Å². The maximum absolute atomic E-state index is 10.3. The third-order valence-electron chi connectivity index (χ3n) is 1.76. The maximum Gasteiger partial charge on any atom is 0.333 e. The van der Waals surface area contributed by atoms with Gasteiger partial charge in [-0.25, -0.2) is 4.79 Å². The largest absolute Gasteiger partial charge is 0.478 e. The fourth-order valence-electron chi connectivity index (χ4n) is 0.486. The van der Waals surface area contributed by atoms with E-state index in [1.807, 2.05) is 20.8 Å². The van der Waals surface area contributed by atoms with Crippen molar-refractivity contribution >= 4 is 5.97 Å². The normalized spacial score (nSPS) is 13.0. The third kappa shape index (κ3) is 4.13. The van der Waals surface area contributed by atoms with Crippen LogP contribution in [-0.4, -0.2) is 23.8 Å². The van der Waals surface area contributed by atoms with Crippen molar-refractivity contribution in [2.45, 2.75) is 26.9 Å². The van der Waals surface area contributed by atoms with Gasteiger partial charge in [-0.05, 0) is 12.8 Å². The zero-order valence-corrected chi connectivity index (χ0v) is 7.83. The lowest BCUT2D eigenvalue weighted by Crippen LogP contribution is -2.18. The number of carbonyl (C=O) groups is 1. The van der Waals surface area contributed by atoms with Gasteiger partial charge < -0.3 is 9.84 Å². The van der Waals surface area contributed by atoms with E-state index in [0.29, 0.717) is 5.92 Å². The molecule has 0 amide bonds. The van der Waals surface area contributed by atoms with Crippen molar-refractivity contribution in [3.63, 3.8) is 0 Å². The lowest BCUT2D eigenvalue weighted by Gasteiger charge is -2.16. The first-order valence-electron chi connectivity index (χ1n) is 3.97. The Morgan fingerprint density at radius 1 is 1.50 bits per heavy atom. The lowest BCUT2D eigenvalue weighted by molar-refractivity contribution is -0.133. The molecule has 1 N–H and O–H groups in total. The van der Waals surface area contributed by atoms with Crippen LogP contribution in [0.1, 0.15) is 20.8 Å². The van der Waals surface area contributed by atoms with Gasteiger partial charge in [0.05, 0.1) is 18.3 Å². The summed E-state index contributed by atoms with van der Waals surface area (Å²) in [6, 6.07) is 0. The molecule has 3 nitrogen and oxygen atoms in total. The van der Waals surface area contributed by atoms with Crippen LogP contribution in [0.25, 0.3) is 0 Å². The number of ether oxygens (including phenoxy) is 1. The third-order valence-corrected chi connectivity index (χ3v) is 1.76. The van der Waals surface area contributed by atoms with Crippen molar-refractivity contribution in [2.75, 3.05) is 6.61 Å². The summed E-state index contributed by atoms with van der Waals surface area (Å²) in [6.45, 7) is 9.43. The minimum Gasteiger partial charge on any atom is -0.478 e. The molecule has 1 unspecified atom stereocenters. The molecule has 0 saturated heterocycles. The smallest absolute Gasteiger partial charge is 0.333 e. The van der Waals surface area contributed by atoms with Crippen LogP contribution in [0.4, 0.5) is 0 Å². The van der Waals surface area contributed by atoms with Crippen LogP contribution in [0, 0.1) is 5.92 Å². The Morgan fingerprint density at radius 3 is 2.33 bits per heavy atom. The van der Waals surface area contributed by atoms with Gasteiger partial charge in [-0.1, -0.05) is 20.4 Å². The molecule has 0 saturated carbocycles. The SMILES string of the molecule is C=C(COC(C)C(C)C)C(=O)O. The summed E-state index contributed by atoms with van der Waals surface area (Å²) in [6.07, 6.45) is 0.0705.